The Bertz CT molecular complexity index is 1030. The maximum atomic E-state index is 6.09. The van der Waals surface area contributed by atoms with Gasteiger partial charge in [0.2, 0.25) is 0 Å². The van der Waals surface area contributed by atoms with Crippen LogP contribution in [0.25, 0.3) is 29.4 Å². The summed E-state index contributed by atoms with van der Waals surface area (Å²) >= 11 is 6.09. The number of anilines is 1. The first-order chi connectivity index (χ1) is 14.7. The second-order valence-electron chi connectivity index (χ2n) is 7.04. The predicted octanol–water partition coefficient (Wildman–Crippen LogP) is 5.25. The number of ether oxygens (including phenoxy) is 1. The number of hydrogen-bond acceptors (Lipinski definition) is 5. The van der Waals surface area contributed by atoms with Crippen molar-refractivity contribution in [2.24, 2.45) is 0 Å². The number of rotatable bonds is 6. The molecule has 0 unspecified atom stereocenters. The van der Waals surface area contributed by atoms with Crippen LogP contribution in [-0.4, -0.2) is 38.8 Å². The third-order valence-corrected chi connectivity index (χ3v) is 5.25. The quantitative estimate of drug-likeness (QED) is 0.588. The average molecular weight is 422 g/mol. The third-order valence-electron chi connectivity index (χ3n) is 5.00. The first-order valence-corrected chi connectivity index (χ1v) is 10.4. The maximum Gasteiger partial charge on any atom is 0.166 e. The highest BCUT2D eigenvalue weighted by atomic mass is 35.5. The van der Waals surface area contributed by atoms with Crippen LogP contribution in [0.15, 0.2) is 49.3 Å². The monoisotopic (exact) mass is 421 g/mol. The first-order valence-electron chi connectivity index (χ1n) is 10.00. The third kappa shape index (κ3) is 4.30. The van der Waals surface area contributed by atoms with Crippen LogP contribution >= 0.6 is 11.6 Å². The molecule has 1 aliphatic rings. The lowest BCUT2D eigenvalue weighted by Gasteiger charge is -2.23. The zero-order valence-electron chi connectivity index (χ0n) is 16.9. The molecule has 30 heavy (non-hydrogen) atoms. The smallest absolute Gasteiger partial charge is 0.166 e. The number of benzene rings is 1. The van der Waals surface area contributed by atoms with Crippen molar-refractivity contribution in [3.05, 3.63) is 65.7 Å². The Morgan fingerprint density at radius 1 is 1.17 bits per heavy atom. The molecule has 154 valence electrons. The second-order valence-corrected chi connectivity index (χ2v) is 7.48. The predicted molar refractivity (Wildman–Crippen MR) is 122 cm³/mol. The van der Waals surface area contributed by atoms with Gasteiger partial charge < -0.3 is 10.1 Å². The van der Waals surface area contributed by atoms with Crippen molar-refractivity contribution in [1.82, 2.24) is 19.5 Å². The molecule has 0 saturated carbocycles. The number of halogens is 1. The van der Waals surface area contributed by atoms with E-state index in [1.54, 1.807) is 18.5 Å². The highest BCUT2D eigenvalue weighted by Crippen LogP contribution is 2.28. The molecular formula is C23H24ClN5O. The van der Waals surface area contributed by atoms with E-state index in [2.05, 4.69) is 21.9 Å². The van der Waals surface area contributed by atoms with Crippen LogP contribution in [0.5, 0.6) is 0 Å². The summed E-state index contributed by atoms with van der Waals surface area (Å²) in [5.41, 5.74) is 3.32. The molecule has 0 spiro atoms. The number of allylic oxidation sites excluding steroid dienone is 1. The van der Waals surface area contributed by atoms with Gasteiger partial charge in [0.25, 0.3) is 0 Å². The van der Waals surface area contributed by atoms with Crippen LogP contribution < -0.4 is 5.32 Å². The first kappa shape index (κ1) is 20.3. The largest absolute Gasteiger partial charge is 0.381 e. The molecule has 1 fully saturated rings. The molecule has 2 aromatic heterocycles. The summed E-state index contributed by atoms with van der Waals surface area (Å²) < 4.78 is 7.43. The normalized spacial score (nSPS) is 14.9. The van der Waals surface area contributed by atoms with Gasteiger partial charge in [0.1, 0.15) is 11.5 Å². The lowest BCUT2D eigenvalue weighted by molar-refractivity contribution is 0.0904. The topological polar surface area (TPSA) is 64.9 Å². The van der Waals surface area contributed by atoms with E-state index < -0.39 is 0 Å². The summed E-state index contributed by atoms with van der Waals surface area (Å²) in [6.07, 6.45) is 11.2. The van der Waals surface area contributed by atoms with Gasteiger partial charge in [-0.15, -0.1) is 0 Å². The van der Waals surface area contributed by atoms with Gasteiger partial charge in [-0.1, -0.05) is 24.3 Å². The Labute approximate surface area is 181 Å². The number of aromatic nitrogens is 4. The molecule has 6 nitrogen and oxygen atoms in total. The van der Waals surface area contributed by atoms with E-state index in [9.17, 15) is 0 Å². The van der Waals surface area contributed by atoms with Crippen molar-refractivity contribution < 1.29 is 4.74 Å². The van der Waals surface area contributed by atoms with Crippen molar-refractivity contribution >= 4 is 29.6 Å². The molecule has 0 bridgehead atoms. The van der Waals surface area contributed by atoms with Crippen LogP contribution in [-0.2, 0) is 4.74 Å². The Morgan fingerprint density at radius 2 is 1.93 bits per heavy atom. The number of nitrogens with zero attached hydrogens (tertiary/aromatic N) is 4. The molecule has 4 rings (SSSR count). The fourth-order valence-corrected chi connectivity index (χ4v) is 3.64. The minimum Gasteiger partial charge on any atom is -0.381 e. The van der Waals surface area contributed by atoms with Gasteiger partial charge in [-0.25, -0.2) is 15.0 Å². The van der Waals surface area contributed by atoms with Crippen molar-refractivity contribution in [2.75, 3.05) is 18.5 Å². The Hall–Kier alpha value is -2.96. The summed E-state index contributed by atoms with van der Waals surface area (Å²) in [6.45, 7) is 7.50. The van der Waals surface area contributed by atoms with Crippen molar-refractivity contribution in [2.45, 2.75) is 25.8 Å². The van der Waals surface area contributed by atoms with Crippen molar-refractivity contribution in [3.8, 4) is 17.2 Å². The summed E-state index contributed by atoms with van der Waals surface area (Å²) in [5.74, 6) is 1.46. The summed E-state index contributed by atoms with van der Waals surface area (Å²) in [4.78, 5) is 14.0. The van der Waals surface area contributed by atoms with E-state index >= 15 is 0 Å². The standard InChI is InChI=1S/C23H24ClN5O/c1-3-5-19-21(4-2)29(18-8-6-16(24)7-9-18)23(28-19)20-14-26-22(15-25-20)27-17-10-12-30-13-11-17/h3-9,14-15,17H,2,10-13H2,1H3,(H,26,27)/b5-3-. The summed E-state index contributed by atoms with van der Waals surface area (Å²) in [6, 6.07) is 7.98. The lowest BCUT2D eigenvalue weighted by Crippen LogP contribution is -2.28. The van der Waals surface area contributed by atoms with Gasteiger partial charge in [0.15, 0.2) is 5.82 Å². The van der Waals surface area contributed by atoms with E-state index in [1.165, 1.54) is 0 Å². The molecule has 0 amide bonds. The lowest BCUT2D eigenvalue weighted by atomic mass is 10.1. The molecule has 0 atom stereocenters. The summed E-state index contributed by atoms with van der Waals surface area (Å²) in [5, 5.41) is 4.12. The van der Waals surface area contributed by atoms with Gasteiger partial charge in [0, 0.05) is 30.0 Å². The number of hydrogen-bond donors (Lipinski definition) is 1. The minimum atomic E-state index is 0.364. The molecular weight excluding hydrogens is 398 g/mol. The Kier molecular flexibility index (Phi) is 6.26. The van der Waals surface area contributed by atoms with E-state index in [0.29, 0.717) is 22.6 Å². The number of nitrogens with one attached hydrogen (secondary N) is 1. The Morgan fingerprint density at radius 3 is 2.57 bits per heavy atom. The molecule has 1 aliphatic heterocycles. The molecule has 0 aliphatic carbocycles. The second kappa shape index (κ2) is 9.24. The van der Waals surface area contributed by atoms with Crippen LogP contribution in [0.1, 0.15) is 31.2 Å². The number of imidazole rings is 1. The van der Waals surface area contributed by atoms with Crippen LogP contribution in [0, 0.1) is 0 Å². The molecule has 0 radical (unpaired) electrons. The molecule has 3 heterocycles. The summed E-state index contributed by atoms with van der Waals surface area (Å²) in [7, 11) is 0. The van der Waals surface area contributed by atoms with Gasteiger partial charge >= 0.3 is 0 Å². The van der Waals surface area contributed by atoms with E-state index in [-0.39, 0.29) is 0 Å². The van der Waals surface area contributed by atoms with Gasteiger partial charge in [0.05, 0.1) is 23.8 Å². The van der Waals surface area contributed by atoms with Crippen LogP contribution in [0.2, 0.25) is 5.02 Å². The molecule has 1 N–H and O–H groups in total. The highest BCUT2D eigenvalue weighted by Gasteiger charge is 2.19. The maximum absolute atomic E-state index is 6.09. The highest BCUT2D eigenvalue weighted by molar-refractivity contribution is 6.30. The SMILES string of the molecule is C=Cc1c(/C=C\C)nc(-c2cnc(NC3CCOCC3)cn2)n1-c1ccc(Cl)cc1. The zero-order valence-corrected chi connectivity index (χ0v) is 17.6. The molecule has 3 aromatic rings. The minimum absolute atomic E-state index is 0.364. The fourth-order valence-electron chi connectivity index (χ4n) is 3.52. The average Bonchev–Trinajstić information content (AvgIpc) is 3.14. The van der Waals surface area contributed by atoms with Crippen LogP contribution in [0.3, 0.4) is 0 Å². The van der Waals surface area contributed by atoms with Gasteiger partial charge in [-0.3, -0.25) is 4.57 Å². The van der Waals surface area contributed by atoms with E-state index in [1.807, 2.05) is 47.9 Å². The molecule has 1 saturated heterocycles. The van der Waals surface area contributed by atoms with E-state index in [0.717, 1.165) is 48.9 Å². The van der Waals surface area contributed by atoms with E-state index in [4.69, 9.17) is 21.3 Å². The zero-order chi connectivity index (χ0) is 20.9. The fraction of sp³-hybridized carbons (Fsp3) is 0.261. The molecule has 1 aromatic carbocycles. The Balaban J connectivity index is 1.72. The van der Waals surface area contributed by atoms with Crippen molar-refractivity contribution in [1.29, 1.82) is 0 Å². The van der Waals surface area contributed by atoms with Gasteiger partial charge in [-0.05, 0) is 56.2 Å². The molecule has 7 heteroatoms. The van der Waals surface area contributed by atoms with Gasteiger partial charge in [-0.2, -0.15) is 0 Å². The van der Waals surface area contributed by atoms with Crippen molar-refractivity contribution in [3.63, 3.8) is 0 Å². The van der Waals surface area contributed by atoms with Crippen LogP contribution in [0.4, 0.5) is 5.82 Å².